The van der Waals surface area contributed by atoms with E-state index in [1.807, 2.05) is 43.3 Å². The molecular formula is C29H24N4O4. The quantitative estimate of drug-likeness (QED) is 0.402. The maximum Gasteiger partial charge on any atom is 0.376 e. The van der Waals surface area contributed by atoms with Gasteiger partial charge in [-0.3, -0.25) is 9.59 Å². The highest BCUT2D eigenvalue weighted by atomic mass is 16.5. The van der Waals surface area contributed by atoms with E-state index in [0.29, 0.717) is 23.2 Å². The van der Waals surface area contributed by atoms with E-state index in [1.165, 1.54) is 5.01 Å². The molecule has 8 nitrogen and oxygen atoms in total. The summed E-state index contributed by atoms with van der Waals surface area (Å²) in [5.41, 5.74) is 4.70. The number of nitrogens with zero attached hydrogens (tertiary/aromatic N) is 4. The summed E-state index contributed by atoms with van der Waals surface area (Å²) in [6.45, 7) is 3.77. The summed E-state index contributed by atoms with van der Waals surface area (Å²) in [6.07, 6.45) is 5.03. The molecule has 2 aromatic heterocycles. The molecule has 0 spiro atoms. The highest BCUT2D eigenvalue weighted by Crippen LogP contribution is 2.37. The first-order valence-electron chi connectivity index (χ1n) is 12.2. The smallest absolute Gasteiger partial charge is 0.376 e. The Labute approximate surface area is 212 Å². The van der Waals surface area contributed by atoms with Crippen LogP contribution in [-0.2, 0) is 16.0 Å². The van der Waals surface area contributed by atoms with Gasteiger partial charge in [-0.15, -0.1) is 0 Å². The summed E-state index contributed by atoms with van der Waals surface area (Å²) >= 11 is 0. The van der Waals surface area contributed by atoms with Crippen molar-refractivity contribution in [3.63, 3.8) is 0 Å². The molecule has 6 rings (SSSR count). The number of aryl methyl sites for hydroxylation is 2. The molecular weight excluding hydrogens is 468 g/mol. The zero-order valence-corrected chi connectivity index (χ0v) is 20.5. The van der Waals surface area contributed by atoms with Gasteiger partial charge in [0.25, 0.3) is 11.5 Å². The second-order valence-electron chi connectivity index (χ2n) is 8.97. The first kappa shape index (κ1) is 22.7. The van der Waals surface area contributed by atoms with E-state index >= 15 is 0 Å². The van der Waals surface area contributed by atoms with Crippen LogP contribution < -0.4 is 10.6 Å². The van der Waals surface area contributed by atoms with Crippen LogP contribution in [0.1, 0.15) is 46.5 Å². The molecule has 4 aromatic rings. The fraction of sp³-hybridized carbons (Fsp3) is 0.172. The molecule has 0 N–H and O–H groups in total. The number of hydrogen-bond acceptors (Lipinski definition) is 5. The Kier molecular flexibility index (Phi) is 5.37. The highest BCUT2D eigenvalue weighted by molar-refractivity contribution is 6.26. The summed E-state index contributed by atoms with van der Waals surface area (Å²) < 4.78 is 8.35. The maximum absolute atomic E-state index is 14.2. The van der Waals surface area contributed by atoms with Crippen molar-refractivity contribution in [1.82, 2.24) is 14.2 Å². The zero-order valence-electron chi connectivity index (χ0n) is 20.5. The van der Waals surface area contributed by atoms with E-state index in [1.54, 1.807) is 37.4 Å². The Hall–Kier alpha value is -4.72. The van der Waals surface area contributed by atoms with Crippen LogP contribution in [0.25, 0.3) is 22.2 Å². The number of ether oxygens (including phenoxy) is 1. The molecule has 184 valence electrons. The summed E-state index contributed by atoms with van der Waals surface area (Å²) in [5.74, 6) is -1.47. The van der Waals surface area contributed by atoms with Crippen LogP contribution in [0.3, 0.4) is 0 Å². The maximum atomic E-state index is 14.2. The number of allylic oxidation sites excluding steroid dienone is 1. The molecule has 0 bridgehead atoms. The van der Waals surface area contributed by atoms with Crippen molar-refractivity contribution in [2.75, 3.05) is 11.6 Å². The third kappa shape index (κ3) is 3.52. The predicted octanol–water partition coefficient (Wildman–Crippen LogP) is 4.04. The molecule has 1 amide bonds. The summed E-state index contributed by atoms with van der Waals surface area (Å²) in [5, 5.41) is 1.50. The number of aromatic nitrogens is 3. The number of carbonyl (C=O) groups is 2. The Morgan fingerprint density at radius 3 is 2.59 bits per heavy atom. The second-order valence-corrected chi connectivity index (χ2v) is 8.97. The van der Waals surface area contributed by atoms with Crippen molar-refractivity contribution in [2.45, 2.75) is 26.7 Å². The van der Waals surface area contributed by atoms with Gasteiger partial charge in [0.1, 0.15) is 0 Å². The lowest BCUT2D eigenvalue weighted by Gasteiger charge is -2.24. The van der Waals surface area contributed by atoms with Crippen molar-refractivity contribution >= 4 is 34.0 Å². The summed E-state index contributed by atoms with van der Waals surface area (Å²) in [4.78, 5) is 45.6. The van der Waals surface area contributed by atoms with E-state index in [9.17, 15) is 14.4 Å². The van der Waals surface area contributed by atoms with Gasteiger partial charge in [0, 0.05) is 11.3 Å². The number of para-hydroxylation sites is 1. The zero-order chi connectivity index (χ0) is 25.7. The average Bonchev–Trinajstić information content (AvgIpc) is 3.18. The van der Waals surface area contributed by atoms with Crippen LogP contribution in [0.5, 0.6) is 0 Å². The Bertz CT molecular complexity index is 1710. The lowest BCUT2D eigenvalue weighted by molar-refractivity contribution is -0.114. The van der Waals surface area contributed by atoms with Crippen LogP contribution in [0.4, 0.5) is 0 Å². The minimum Gasteiger partial charge on any atom is -0.460 e. The fourth-order valence-corrected chi connectivity index (χ4v) is 5.12. The first-order valence-corrected chi connectivity index (χ1v) is 12.2. The Morgan fingerprint density at radius 2 is 1.81 bits per heavy atom. The highest BCUT2D eigenvalue weighted by Gasteiger charge is 2.35. The van der Waals surface area contributed by atoms with Crippen molar-refractivity contribution in [2.24, 2.45) is 0 Å². The van der Waals surface area contributed by atoms with E-state index in [0.717, 1.165) is 33.6 Å². The minimum atomic E-state index is -0.786. The second kappa shape index (κ2) is 8.74. The minimum absolute atomic E-state index is 0.0970. The van der Waals surface area contributed by atoms with Crippen LogP contribution >= 0.6 is 0 Å². The van der Waals surface area contributed by atoms with Gasteiger partial charge < -0.3 is 9.30 Å². The van der Waals surface area contributed by atoms with Gasteiger partial charge in [-0.25, -0.2) is 14.8 Å². The van der Waals surface area contributed by atoms with Crippen molar-refractivity contribution in [3.8, 4) is 0 Å². The molecule has 0 saturated carbocycles. The van der Waals surface area contributed by atoms with Crippen molar-refractivity contribution in [1.29, 1.82) is 0 Å². The van der Waals surface area contributed by atoms with E-state index < -0.39 is 17.4 Å². The van der Waals surface area contributed by atoms with Crippen LogP contribution in [0.2, 0.25) is 0 Å². The topological polar surface area (TPSA) is 86.4 Å². The third-order valence-corrected chi connectivity index (χ3v) is 6.70. The summed E-state index contributed by atoms with van der Waals surface area (Å²) in [6, 6.07) is 18.5. The number of fused-ring (bicyclic) bond motifs is 1. The van der Waals surface area contributed by atoms with Gasteiger partial charge >= 0.3 is 5.97 Å². The molecule has 1 aliphatic carbocycles. The lowest BCUT2D eigenvalue weighted by atomic mass is 9.96. The predicted molar refractivity (Wildman–Crippen MR) is 140 cm³/mol. The van der Waals surface area contributed by atoms with Crippen molar-refractivity contribution < 1.29 is 14.3 Å². The number of carbonyl (C=O) groups excluding carboxylic acids is 2. The number of benzene rings is 2. The Morgan fingerprint density at radius 1 is 1.05 bits per heavy atom. The van der Waals surface area contributed by atoms with Gasteiger partial charge in [-0.1, -0.05) is 48.5 Å². The molecule has 2 aliphatic rings. The number of amides is 1. The first-order chi connectivity index (χ1) is 18.0. The SMILES string of the molecule is CCOC(=O)c1nc2ccccc2c(=O)n1N1C=C(c2ccccc2)n2c(C)cc3c2C(=CCC3)C1=O. The van der Waals surface area contributed by atoms with E-state index in [4.69, 9.17) is 4.74 Å². The molecule has 1 aliphatic heterocycles. The standard InChI is InChI=1S/C29H24N4O4/c1-3-37-29(36)26-30-23-15-8-7-13-21(23)28(35)33(26)31-17-24(19-10-5-4-6-11-19)32-18(2)16-20-12-9-14-22(25(20)32)27(31)34/h4-8,10-11,13-17H,3,9,12H2,1-2H3. The number of rotatable bonds is 4. The molecule has 0 radical (unpaired) electrons. The van der Waals surface area contributed by atoms with E-state index in [2.05, 4.69) is 15.6 Å². The van der Waals surface area contributed by atoms with Crippen LogP contribution in [0, 0.1) is 6.92 Å². The molecule has 37 heavy (non-hydrogen) atoms. The summed E-state index contributed by atoms with van der Waals surface area (Å²) in [7, 11) is 0. The van der Waals surface area contributed by atoms with Gasteiger partial charge in [0.15, 0.2) is 0 Å². The van der Waals surface area contributed by atoms with Crippen molar-refractivity contribution in [3.05, 3.63) is 112 Å². The fourth-order valence-electron chi connectivity index (χ4n) is 5.12. The van der Waals surface area contributed by atoms with Gasteiger partial charge in [0.05, 0.1) is 40.7 Å². The molecule has 0 saturated heterocycles. The van der Waals surface area contributed by atoms with E-state index in [-0.39, 0.29) is 17.8 Å². The number of esters is 1. The lowest BCUT2D eigenvalue weighted by Crippen LogP contribution is -2.46. The molecule has 0 fully saturated rings. The third-order valence-electron chi connectivity index (χ3n) is 6.70. The Balaban J connectivity index is 1.70. The van der Waals surface area contributed by atoms with Gasteiger partial charge in [0.2, 0.25) is 5.82 Å². The molecule has 3 heterocycles. The largest absolute Gasteiger partial charge is 0.460 e. The molecule has 0 atom stereocenters. The van der Waals surface area contributed by atoms with Crippen LogP contribution in [0.15, 0.2) is 77.7 Å². The normalized spacial score (nSPS) is 14.6. The van der Waals surface area contributed by atoms with Gasteiger partial charge in [-0.2, -0.15) is 4.68 Å². The van der Waals surface area contributed by atoms with Gasteiger partial charge in [-0.05, 0) is 50.5 Å². The monoisotopic (exact) mass is 492 g/mol. The molecule has 0 unspecified atom stereocenters. The van der Waals surface area contributed by atoms with Crippen LogP contribution in [-0.4, -0.2) is 32.7 Å². The average molecular weight is 493 g/mol. The number of hydrogen-bond donors (Lipinski definition) is 0. The molecule has 8 heteroatoms. The molecule has 2 aromatic carbocycles.